The Morgan fingerprint density at radius 3 is 2.95 bits per heavy atom. The molecule has 1 aliphatic carbocycles. The van der Waals surface area contributed by atoms with Gasteiger partial charge in [-0.25, -0.2) is 0 Å². The van der Waals surface area contributed by atoms with Gasteiger partial charge in [-0.05, 0) is 50.2 Å². The molecule has 0 spiro atoms. The minimum atomic E-state index is -0.294. The molecule has 5 nitrogen and oxygen atoms in total. The van der Waals surface area contributed by atoms with Crippen LogP contribution in [0.5, 0.6) is 0 Å². The van der Waals surface area contributed by atoms with Gasteiger partial charge in [-0.3, -0.25) is 9.69 Å². The zero-order valence-electron chi connectivity index (χ0n) is 12.9. The highest BCUT2D eigenvalue weighted by atomic mass is 16.5. The third-order valence-electron chi connectivity index (χ3n) is 5.16. The highest BCUT2D eigenvalue weighted by Gasteiger charge is 2.42. The van der Waals surface area contributed by atoms with E-state index >= 15 is 0 Å². The fourth-order valence-electron chi connectivity index (χ4n) is 3.77. The number of ether oxygens (including phenoxy) is 1. The van der Waals surface area contributed by atoms with Crippen LogP contribution in [0.15, 0.2) is 22.8 Å². The van der Waals surface area contributed by atoms with Crippen molar-refractivity contribution in [3.63, 3.8) is 0 Å². The molecule has 2 saturated heterocycles. The molecule has 1 aromatic heterocycles. The van der Waals surface area contributed by atoms with E-state index in [2.05, 4.69) is 10.2 Å². The van der Waals surface area contributed by atoms with Crippen LogP contribution in [0.25, 0.3) is 0 Å². The minimum absolute atomic E-state index is 0.00417. The molecule has 22 heavy (non-hydrogen) atoms. The number of nitrogens with one attached hydrogen (secondary N) is 1. The number of carbonyl (C=O) groups excluding carboxylic acids is 1. The van der Waals surface area contributed by atoms with Crippen LogP contribution < -0.4 is 5.32 Å². The molecule has 0 unspecified atom stereocenters. The molecule has 3 heterocycles. The first-order valence-corrected chi connectivity index (χ1v) is 8.49. The maximum absolute atomic E-state index is 12.3. The quantitative estimate of drug-likeness (QED) is 0.903. The average molecular weight is 304 g/mol. The molecular weight excluding hydrogens is 280 g/mol. The molecule has 0 bridgehead atoms. The van der Waals surface area contributed by atoms with Crippen LogP contribution in [-0.2, 0) is 16.1 Å². The van der Waals surface area contributed by atoms with Crippen LogP contribution in [0, 0.1) is 5.92 Å². The van der Waals surface area contributed by atoms with E-state index in [0.717, 1.165) is 37.5 Å². The Morgan fingerprint density at radius 1 is 1.27 bits per heavy atom. The van der Waals surface area contributed by atoms with Gasteiger partial charge in [0.15, 0.2) is 0 Å². The van der Waals surface area contributed by atoms with Crippen molar-refractivity contribution in [2.75, 3.05) is 13.1 Å². The molecule has 120 valence electrons. The van der Waals surface area contributed by atoms with Gasteiger partial charge in [0.25, 0.3) is 0 Å². The lowest BCUT2D eigenvalue weighted by atomic mass is 9.98. The van der Waals surface area contributed by atoms with Gasteiger partial charge in [-0.15, -0.1) is 0 Å². The SMILES string of the molecule is O=C(NCc1ccco1)[C@@H]1CC[C@@H]2[C@@H](CCN2CC2CC2)O1. The molecule has 1 aromatic rings. The van der Waals surface area contributed by atoms with Crippen molar-refractivity contribution >= 4 is 5.91 Å². The average Bonchev–Trinajstić information content (AvgIpc) is 3.04. The molecule has 1 saturated carbocycles. The second-order valence-electron chi connectivity index (χ2n) is 6.83. The van der Waals surface area contributed by atoms with E-state index in [9.17, 15) is 4.79 Å². The zero-order chi connectivity index (χ0) is 14.9. The van der Waals surface area contributed by atoms with Crippen LogP contribution in [0.1, 0.15) is 37.9 Å². The number of rotatable bonds is 5. The summed E-state index contributed by atoms with van der Waals surface area (Å²) in [5.41, 5.74) is 0. The summed E-state index contributed by atoms with van der Waals surface area (Å²) in [5, 5.41) is 2.92. The Bertz CT molecular complexity index is 512. The summed E-state index contributed by atoms with van der Waals surface area (Å²) in [5.74, 6) is 1.70. The molecule has 3 fully saturated rings. The molecular formula is C17H24N2O3. The topological polar surface area (TPSA) is 54.7 Å². The second-order valence-corrected chi connectivity index (χ2v) is 6.83. The lowest BCUT2D eigenvalue weighted by Gasteiger charge is -2.35. The van der Waals surface area contributed by atoms with Gasteiger partial charge in [0.2, 0.25) is 5.91 Å². The van der Waals surface area contributed by atoms with Crippen LogP contribution in [0.2, 0.25) is 0 Å². The summed E-state index contributed by atoms with van der Waals surface area (Å²) < 4.78 is 11.3. The molecule has 1 amide bonds. The monoisotopic (exact) mass is 304 g/mol. The molecule has 0 aromatic carbocycles. The Balaban J connectivity index is 1.27. The fraction of sp³-hybridized carbons (Fsp3) is 0.706. The number of hydrogen-bond acceptors (Lipinski definition) is 4. The normalized spacial score (nSPS) is 31.9. The third-order valence-corrected chi connectivity index (χ3v) is 5.16. The maximum Gasteiger partial charge on any atom is 0.249 e. The minimum Gasteiger partial charge on any atom is -0.467 e. The second kappa shape index (κ2) is 6.05. The number of carbonyl (C=O) groups is 1. The standard InChI is InChI=1S/C17H24N2O3/c20-17(18-10-13-2-1-9-21-13)16-6-5-14-15(22-16)7-8-19(14)11-12-3-4-12/h1-2,9,12,14-16H,3-8,10-11H2,(H,18,20)/t14-,15-,16+/m1/s1. The number of furan rings is 1. The van der Waals surface area contributed by atoms with E-state index in [1.165, 1.54) is 19.4 Å². The van der Waals surface area contributed by atoms with Crippen molar-refractivity contribution in [2.45, 2.75) is 56.9 Å². The van der Waals surface area contributed by atoms with Crippen LogP contribution in [-0.4, -0.2) is 42.1 Å². The summed E-state index contributed by atoms with van der Waals surface area (Å²) in [4.78, 5) is 14.9. The van der Waals surface area contributed by atoms with Crippen LogP contribution in [0.3, 0.4) is 0 Å². The molecule has 3 atom stereocenters. The van der Waals surface area contributed by atoms with E-state index in [-0.39, 0.29) is 18.1 Å². The number of likely N-dealkylation sites (tertiary alicyclic amines) is 1. The molecule has 3 aliphatic rings. The van der Waals surface area contributed by atoms with Gasteiger partial charge in [-0.2, -0.15) is 0 Å². The molecule has 5 heteroatoms. The Morgan fingerprint density at radius 2 is 2.18 bits per heavy atom. The van der Waals surface area contributed by atoms with Crippen molar-refractivity contribution in [3.05, 3.63) is 24.2 Å². The molecule has 1 N–H and O–H groups in total. The number of amides is 1. The summed E-state index contributed by atoms with van der Waals surface area (Å²) >= 11 is 0. The van der Waals surface area contributed by atoms with Gasteiger partial charge in [0, 0.05) is 19.1 Å². The predicted molar refractivity (Wildman–Crippen MR) is 81.2 cm³/mol. The van der Waals surface area contributed by atoms with Crippen molar-refractivity contribution in [3.8, 4) is 0 Å². The Kier molecular flexibility index (Phi) is 3.92. The highest BCUT2D eigenvalue weighted by Crippen LogP contribution is 2.36. The summed E-state index contributed by atoms with van der Waals surface area (Å²) in [6.45, 7) is 2.81. The molecule has 4 rings (SSSR count). The van der Waals surface area contributed by atoms with Gasteiger partial charge in [-0.1, -0.05) is 0 Å². The first-order chi connectivity index (χ1) is 10.8. The van der Waals surface area contributed by atoms with Crippen molar-refractivity contribution in [1.29, 1.82) is 0 Å². The zero-order valence-corrected chi connectivity index (χ0v) is 12.9. The smallest absolute Gasteiger partial charge is 0.249 e. The molecule has 0 radical (unpaired) electrons. The summed E-state index contributed by atoms with van der Waals surface area (Å²) in [6.07, 6.45) is 7.33. The van der Waals surface area contributed by atoms with E-state index in [1.807, 2.05) is 12.1 Å². The number of hydrogen-bond donors (Lipinski definition) is 1. The highest BCUT2D eigenvalue weighted by molar-refractivity contribution is 5.80. The van der Waals surface area contributed by atoms with Gasteiger partial charge in [0.1, 0.15) is 11.9 Å². The molecule has 2 aliphatic heterocycles. The number of nitrogens with zero attached hydrogens (tertiary/aromatic N) is 1. The van der Waals surface area contributed by atoms with E-state index < -0.39 is 0 Å². The van der Waals surface area contributed by atoms with E-state index in [0.29, 0.717) is 12.6 Å². The van der Waals surface area contributed by atoms with Crippen molar-refractivity contribution in [2.24, 2.45) is 5.92 Å². The predicted octanol–water partition coefficient (Wildman–Crippen LogP) is 1.93. The van der Waals surface area contributed by atoms with Gasteiger partial charge >= 0.3 is 0 Å². The van der Waals surface area contributed by atoms with Crippen molar-refractivity contribution < 1.29 is 13.9 Å². The third kappa shape index (κ3) is 3.06. The van der Waals surface area contributed by atoms with Crippen LogP contribution in [0.4, 0.5) is 0 Å². The Hall–Kier alpha value is -1.33. The summed E-state index contributed by atoms with van der Waals surface area (Å²) in [7, 11) is 0. The summed E-state index contributed by atoms with van der Waals surface area (Å²) in [6, 6.07) is 4.23. The lowest BCUT2D eigenvalue weighted by Crippen LogP contribution is -2.48. The van der Waals surface area contributed by atoms with Crippen LogP contribution >= 0.6 is 0 Å². The first-order valence-electron chi connectivity index (χ1n) is 8.49. The van der Waals surface area contributed by atoms with Gasteiger partial charge in [0.05, 0.1) is 18.9 Å². The van der Waals surface area contributed by atoms with Crippen molar-refractivity contribution in [1.82, 2.24) is 10.2 Å². The number of fused-ring (bicyclic) bond motifs is 1. The van der Waals surface area contributed by atoms with Gasteiger partial charge < -0.3 is 14.5 Å². The fourth-order valence-corrected chi connectivity index (χ4v) is 3.77. The van der Waals surface area contributed by atoms with E-state index in [4.69, 9.17) is 9.15 Å². The first kappa shape index (κ1) is 14.3. The largest absolute Gasteiger partial charge is 0.467 e. The van der Waals surface area contributed by atoms with E-state index in [1.54, 1.807) is 6.26 Å². The maximum atomic E-state index is 12.3. The Labute approximate surface area is 131 Å². The lowest BCUT2D eigenvalue weighted by molar-refractivity contribution is -0.144.